The van der Waals surface area contributed by atoms with E-state index in [1.807, 2.05) is 0 Å². The van der Waals surface area contributed by atoms with E-state index in [9.17, 15) is 18.3 Å². The van der Waals surface area contributed by atoms with Crippen LogP contribution in [-0.2, 0) is 14.6 Å². The summed E-state index contributed by atoms with van der Waals surface area (Å²) < 4.78 is 23.2. The summed E-state index contributed by atoms with van der Waals surface area (Å²) >= 11 is 0. The lowest BCUT2D eigenvalue weighted by atomic mass is 10.00. The van der Waals surface area contributed by atoms with E-state index < -0.39 is 21.8 Å². The molecule has 0 spiro atoms. The summed E-state index contributed by atoms with van der Waals surface area (Å²) in [4.78, 5) is 11.5. The van der Waals surface area contributed by atoms with Gasteiger partial charge in [-0.3, -0.25) is 4.79 Å². The van der Waals surface area contributed by atoms with E-state index in [1.165, 1.54) is 32.1 Å². The number of hydrogen-bond donors (Lipinski definition) is 3. The Morgan fingerprint density at radius 3 is 2.15 bits per heavy atom. The van der Waals surface area contributed by atoms with E-state index in [-0.39, 0.29) is 17.4 Å². The molecule has 0 fully saturated rings. The number of nitrogens with one attached hydrogen (secondary N) is 1. The smallest absolute Gasteiger partial charge is 0.246 e. The fourth-order valence-corrected chi connectivity index (χ4v) is 3.61. The number of aliphatic hydroxyl groups is 1. The molecule has 7 heteroatoms. The molecule has 1 rings (SSSR count). The molecular formula is C20H34N2O4S. The molecule has 0 radical (unpaired) electrons. The van der Waals surface area contributed by atoms with Crippen LogP contribution in [0.1, 0.15) is 69.9 Å². The molecule has 6 nitrogen and oxygen atoms in total. The number of primary amides is 1. The van der Waals surface area contributed by atoms with Crippen molar-refractivity contribution >= 4 is 15.7 Å². The maximum absolute atomic E-state index is 11.6. The fourth-order valence-electron chi connectivity index (χ4n) is 2.98. The van der Waals surface area contributed by atoms with Crippen LogP contribution in [0.5, 0.6) is 0 Å². The highest BCUT2D eigenvalue weighted by Gasteiger charge is 2.20. The first-order chi connectivity index (χ1) is 12.8. The third-order valence-corrected chi connectivity index (χ3v) is 5.80. The van der Waals surface area contributed by atoms with Gasteiger partial charge in [-0.1, -0.05) is 57.6 Å². The van der Waals surface area contributed by atoms with Crippen LogP contribution in [0.15, 0.2) is 29.2 Å². The molecule has 0 aliphatic carbocycles. The van der Waals surface area contributed by atoms with Crippen molar-refractivity contribution in [2.45, 2.75) is 75.3 Å². The van der Waals surface area contributed by atoms with Crippen LogP contribution in [-0.4, -0.2) is 38.3 Å². The maximum atomic E-state index is 11.6. The first kappa shape index (κ1) is 23.6. The third-order valence-electron chi connectivity index (χ3n) is 4.67. The molecule has 0 saturated heterocycles. The quantitative estimate of drug-likeness (QED) is 0.417. The van der Waals surface area contributed by atoms with Gasteiger partial charge in [0.15, 0.2) is 9.84 Å². The van der Waals surface area contributed by atoms with Gasteiger partial charge in [-0.15, -0.1) is 0 Å². The van der Waals surface area contributed by atoms with Crippen molar-refractivity contribution in [3.63, 3.8) is 0 Å². The van der Waals surface area contributed by atoms with Gasteiger partial charge in [0.2, 0.25) is 5.91 Å². The molecule has 27 heavy (non-hydrogen) atoms. The van der Waals surface area contributed by atoms with Crippen molar-refractivity contribution in [3.8, 4) is 0 Å². The molecule has 0 aliphatic rings. The minimum Gasteiger partial charge on any atom is -0.383 e. The molecular weight excluding hydrogens is 364 g/mol. The van der Waals surface area contributed by atoms with Crippen LogP contribution in [0.3, 0.4) is 0 Å². The molecule has 2 unspecified atom stereocenters. The lowest BCUT2D eigenvalue weighted by molar-refractivity contribution is -0.126. The van der Waals surface area contributed by atoms with Crippen LogP contribution in [0.2, 0.25) is 0 Å². The number of unbranched alkanes of at least 4 members (excludes halogenated alkanes) is 6. The van der Waals surface area contributed by atoms with Crippen molar-refractivity contribution in [1.82, 2.24) is 5.32 Å². The highest BCUT2D eigenvalue weighted by atomic mass is 32.2. The van der Waals surface area contributed by atoms with Crippen molar-refractivity contribution in [2.24, 2.45) is 5.73 Å². The number of hydrogen-bond acceptors (Lipinski definition) is 5. The van der Waals surface area contributed by atoms with Gasteiger partial charge in [-0.25, -0.2) is 8.42 Å². The monoisotopic (exact) mass is 398 g/mol. The lowest BCUT2D eigenvalue weighted by Gasteiger charge is -2.21. The first-order valence-electron chi connectivity index (χ1n) is 9.76. The lowest BCUT2D eigenvalue weighted by Crippen LogP contribution is -2.34. The first-order valence-corrected chi connectivity index (χ1v) is 11.7. The number of aliphatic hydroxyl groups excluding tert-OH is 1. The Hall–Kier alpha value is -1.44. The molecule has 0 aliphatic heterocycles. The molecule has 1 aromatic carbocycles. The molecule has 0 saturated carbocycles. The number of carbonyl (C=O) groups excluding carboxylic acids is 1. The minimum absolute atomic E-state index is 0.157. The summed E-state index contributed by atoms with van der Waals surface area (Å²) in [5.74, 6) is -0.759. The summed E-state index contributed by atoms with van der Waals surface area (Å²) in [6.07, 6.45) is 8.49. The van der Waals surface area contributed by atoms with E-state index in [0.717, 1.165) is 31.2 Å². The van der Waals surface area contributed by atoms with Gasteiger partial charge in [0.1, 0.15) is 6.10 Å². The normalized spacial score (nSPS) is 14.0. The van der Waals surface area contributed by atoms with Crippen molar-refractivity contribution < 1.29 is 18.3 Å². The van der Waals surface area contributed by atoms with Gasteiger partial charge in [0.05, 0.1) is 4.90 Å². The number of benzene rings is 1. The van der Waals surface area contributed by atoms with Crippen LogP contribution in [0.25, 0.3) is 0 Å². The van der Waals surface area contributed by atoms with E-state index in [2.05, 4.69) is 12.2 Å². The number of amides is 1. The summed E-state index contributed by atoms with van der Waals surface area (Å²) in [5.41, 5.74) is 6.01. The Kier molecular flexibility index (Phi) is 10.6. The van der Waals surface area contributed by atoms with Crippen molar-refractivity contribution in [3.05, 3.63) is 29.8 Å². The molecule has 154 valence electrons. The number of rotatable bonds is 14. The highest BCUT2D eigenvalue weighted by molar-refractivity contribution is 7.90. The van der Waals surface area contributed by atoms with Crippen LogP contribution < -0.4 is 11.1 Å². The Morgan fingerprint density at radius 2 is 1.63 bits per heavy atom. The van der Waals surface area contributed by atoms with E-state index in [1.54, 1.807) is 24.3 Å². The standard InChI is InChI=1S/C20H34N2O4S/c1-3-4-5-6-7-8-9-14-22-18(15-19(23)20(21)24)16-10-12-17(13-11-16)27(2,25)26/h10-13,18-19,22-23H,3-9,14-15H2,1-2H3,(H2,21,24). The summed E-state index contributed by atoms with van der Waals surface area (Å²) in [7, 11) is -3.26. The second kappa shape index (κ2) is 12.1. The van der Waals surface area contributed by atoms with Crippen molar-refractivity contribution in [2.75, 3.05) is 12.8 Å². The number of sulfone groups is 1. The Balaban J connectivity index is 2.61. The van der Waals surface area contributed by atoms with Crippen LogP contribution in [0.4, 0.5) is 0 Å². The van der Waals surface area contributed by atoms with Gasteiger partial charge in [-0.2, -0.15) is 0 Å². The van der Waals surface area contributed by atoms with Gasteiger partial charge >= 0.3 is 0 Å². The maximum Gasteiger partial charge on any atom is 0.246 e. The zero-order chi connectivity index (χ0) is 20.3. The number of carbonyl (C=O) groups is 1. The molecule has 2 atom stereocenters. The summed E-state index contributed by atoms with van der Waals surface area (Å²) in [6, 6.07) is 6.26. The largest absolute Gasteiger partial charge is 0.383 e. The predicted molar refractivity (Wildman–Crippen MR) is 108 cm³/mol. The minimum atomic E-state index is -3.26. The topological polar surface area (TPSA) is 109 Å². The zero-order valence-corrected chi connectivity index (χ0v) is 17.3. The van der Waals surface area contributed by atoms with E-state index in [0.29, 0.717) is 0 Å². The average Bonchev–Trinajstić information content (AvgIpc) is 2.62. The van der Waals surface area contributed by atoms with Crippen LogP contribution in [0, 0.1) is 0 Å². The highest BCUT2D eigenvalue weighted by Crippen LogP contribution is 2.21. The Bertz CT molecular complexity index is 659. The van der Waals surface area contributed by atoms with Gasteiger partial charge in [0, 0.05) is 18.7 Å². The zero-order valence-electron chi connectivity index (χ0n) is 16.5. The fraction of sp³-hybridized carbons (Fsp3) is 0.650. The third kappa shape index (κ3) is 9.35. The van der Waals surface area contributed by atoms with E-state index >= 15 is 0 Å². The van der Waals surface area contributed by atoms with Gasteiger partial charge in [-0.05, 0) is 30.7 Å². The molecule has 4 N–H and O–H groups in total. The summed E-state index contributed by atoms with van der Waals surface area (Å²) in [6.45, 7) is 2.96. The number of nitrogens with two attached hydrogens (primary N) is 1. The summed E-state index contributed by atoms with van der Waals surface area (Å²) in [5, 5.41) is 13.2. The average molecular weight is 399 g/mol. The predicted octanol–water partition coefficient (Wildman–Crippen LogP) is 2.71. The second-order valence-corrected chi connectivity index (χ2v) is 9.14. The molecule has 1 aromatic rings. The van der Waals surface area contributed by atoms with Gasteiger partial charge in [0.25, 0.3) is 0 Å². The van der Waals surface area contributed by atoms with Crippen LogP contribution >= 0.6 is 0 Å². The Labute approximate surface area is 163 Å². The Morgan fingerprint density at radius 1 is 1.07 bits per heavy atom. The van der Waals surface area contributed by atoms with Gasteiger partial charge < -0.3 is 16.2 Å². The van der Waals surface area contributed by atoms with Crippen molar-refractivity contribution in [1.29, 1.82) is 0 Å². The molecule has 0 heterocycles. The molecule has 0 bridgehead atoms. The van der Waals surface area contributed by atoms with E-state index in [4.69, 9.17) is 5.73 Å². The molecule has 1 amide bonds. The SMILES string of the molecule is CCCCCCCCCNC(CC(O)C(N)=O)c1ccc(S(C)(=O)=O)cc1. The second-order valence-electron chi connectivity index (χ2n) is 7.12. The molecule has 0 aromatic heterocycles.